The van der Waals surface area contributed by atoms with Crippen LogP contribution in [0.2, 0.25) is 0 Å². The van der Waals surface area contributed by atoms with E-state index in [1.165, 1.54) is 0 Å². The van der Waals surface area contributed by atoms with Crippen molar-refractivity contribution in [1.82, 2.24) is 10.2 Å². The maximum atomic E-state index is 10.4. The minimum Gasteiger partial charge on any atom is -0.384 e. The second-order valence-corrected chi connectivity index (χ2v) is 4.41. The van der Waals surface area contributed by atoms with Gasteiger partial charge >= 0.3 is 0 Å². The Kier molecular flexibility index (Phi) is 3.12. The summed E-state index contributed by atoms with van der Waals surface area (Å²) in [6.07, 6.45) is 1.11. The fourth-order valence-electron chi connectivity index (χ4n) is 2.12. The zero-order valence-corrected chi connectivity index (χ0v) is 10.3. The SMILES string of the molecule is OC(c1ccccc1)c1cccc(-c2ccn[nH]2)c1. The van der Waals surface area contributed by atoms with E-state index in [4.69, 9.17) is 0 Å². The fourth-order valence-corrected chi connectivity index (χ4v) is 2.12. The molecule has 0 bridgehead atoms. The van der Waals surface area contributed by atoms with Crippen molar-refractivity contribution >= 4 is 0 Å². The Morgan fingerprint density at radius 1 is 0.895 bits per heavy atom. The molecule has 3 heteroatoms. The van der Waals surface area contributed by atoms with E-state index >= 15 is 0 Å². The number of aromatic nitrogens is 2. The zero-order valence-electron chi connectivity index (χ0n) is 10.3. The van der Waals surface area contributed by atoms with Gasteiger partial charge in [0.2, 0.25) is 0 Å². The summed E-state index contributed by atoms with van der Waals surface area (Å²) in [7, 11) is 0. The quantitative estimate of drug-likeness (QED) is 0.750. The first-order valence-electron chi connectivity index (χ1n) is 6.17. The highest BCUT2D eigenvalue weighted by molar-refractivity contribution is 5.59. The molecule has 2 aromatic carbocycles. The van der Waals surface area contributed by atoms with Crippen molar-refractivity contribution in [3.63, 3.8) is 0 Å². The fraction of sp³-hybridized carbons (Fsp3) is 0.0625. The van der Waals surface area contributed by atoms with Crippen molar-refractivity contribution in [2.24, 2.45) is 0 Å². The maximum absolute atomic E-state index is 10.4. The molecule has 3 rings (SSSR count). The maximum Gasteiger partial charge on any atom is 0.104 e. The first-order chi connectivity index (χ1) is 9.34. The predicted molar refractivity (Wildman–Crippen MR) is 74.5 cm³/mol. The molecule has 0 aliphatic heterocycles. The first kappa shape index (κ1) is 11.7. The van der Waals surface area contributed by atoms with Crippen LogP contribution in [0.15, 0.2) is 66.9 Å². The van der Waals surface area contributed by atoms with Crippen molar-refractivity contribution in [2.45, 2.75) is 6.10 Å². The minimum absolute atomic E-state index is 0.607. The van der Waals surface area contributed by atoms with Crippen molar-refractivity contribution in [3.8, 4) is 11.3 Å². The van der Waals surface area contributed by atoms with Gasteiger partial charge in [-0.25, -0.2) is 0 Å². The van der Waals surface area contributed by atoms with Crippen LogP contribution in [0.3, 0.4) is 0 Å². The third-order valence-corrected chi connectivity index (χ3v) is 3.13. The lowest BCUT2D eigenvalue weighted by molar-refractivity contribution is 0.220. The van der Waals surface area contributed by atoms with Crippen LogP contribution < -0.4 is 0 Å². The third kappa shape index (κ3) is 2.41. The molecular weight excluding hydrogens is 236 g/mol. The normalized spacial score (nSPS) is 12.3. The molecule has 3 nitrogen and oxygen atoms in total. The molecule has 0 aliphatic rings. The summed E-state index contributed by atoms with van der Waals surface area (Å²) in [5, 5.41) is 17.3. The van der Waals surface area contributed by atoms with E-state index in [2.05, 4.69) is 10.2 Å². The second kappa shape index (κ2) is 5.08. The van der Waals surface area contributed by atoms with Crippen LogP contribution in [0.4, 0.5) is 0 Å². The number of rotatable bonds is 3. The van der Waals surface area contributed by atoms with E-state index in [1.54, 1.807) is 6.20 Å². The Morgan fingerprint density at radius 3 is 2.42 bits per heavy atom. The average molecular weight is 250 g/mol. The number of nitrogens with one attached hydrogen (secondary N) is 1. The molecule has 19 heavy (non-hydrogen) atoms. The van der Waals surface area contributed by atoms with Gasteiger partial charge in [-0.2, -0.15) is 5.10 Å². The van der Waals surface area contributed by atoms with Crippen molar-refractivity contribution in [1.29, 1.82) is 0 Å². The Morgan fingerprint density at radius 2 is 1.68 bits per heavy atom. The van der Waals surface area contributed by atoms with Gasteiger partial charge in [0.25, 0.3) is 0 Å². The van der Waals surface area contributed by atoms with Gasteiger partial charge in [0.15, 0.2) is 0 Å². The smallest absolute Gasteiger partial charge is 0.104 e. The number of H-pyrrole nitrogens is 1. The van der Waals surface area contributed by atoms with Gasteiger partial charge in [-0.05, 0) is 28.8 Å². The second-order valence-electron chi connectivity index (χ2n) is 4.41. The molecule has 3 aromatic rings. The molecule has 1 atom stereocenters. The molecule has 94 valence electrons. The molecule has 0 fully saturated rings. The molecule has 1 aromatic heterocycles. The van der Waals surface area contributed by atoms with Crippen LogP contribution in [-0.4, -0.2) is 15.3 Å². The van der Waals surface area contributed by atoms with Crippen molar-refractivity contribution < 1.29 is 5.11 Å². The standard InChI is InChI=1S/C16H14N2O/c19-16(12-5-2-1-3-6-12)14-8-4-7-13(11-14)15-9-10-17-18-15/h1-11,16,19H,(H,17,18). The monoisotopic (exact) mass is 250 g/mol. The number of aromatic amines is 1. The Bertz CT molecular complexity index is 648. The first-order valence-corrected chi connectivity index (χ1v) is 6.17. The third-order valence-electron chi connectivity index (χ3n) is 3.13. The van der Waals surface area contributed by atoms with E-state index in [0.29, 0.717) is 0 Å². The lowest BCUT2D eigenvalue weighted by Crippen LogP contribution is -1.99. The zero-order chi connectivity index (χ0) is 13.1. The molecule has 0 saturated heterocycles. The van der Waals surface area contributed by atoms with Gasteiger partial charge in [0.1, 0.15) is 6.10 Å². The number of hydrogen-bond donors (Lipinski definition) is 2. The molecule has 0 amide bonds. The Balaban J connectivity index is 1.96. The number of aliphatic hydroxyl groups is 1. The number of nitrogens with zero attached hydrogens (tertiary/aromatic N) is 1. The Labute approximate surface area is 111 Å². The molecule has 1 unspecified atom stereocenters. The highest BCUT2D eigenvalue weighted by atomic mass is 16.3. The van der Waals surface area contributed by atoms with E-state index in [0.717, 1.165) is 22.4 Å². The average Bonchev–Trinajstić information content (AvgIpc) is 3.02. The van der Waals surface area contributed by atoms with Crippen LogP contribution in [0.1, 0.15) is 17.2 Å². The van der Waals surface area contributed by atoms with E-state index in [-0.39, 0.29) is 0 Å². The minimum atomic E-state index is -0.607. The van der Waals surface area contributed by atoms with Crippen LogP contribution in [0.25, 0.3) is 11.3 Å². The van der Waals surface area contributed by atoms with Crippen LogP contribution in [0.5, 0.6) is 0 Å². The van der Waals surface area contributed by atoms with E-state index in [9.17, 15) is 5.11 Å². The van der Waals surface area contributed by atoms with Gasteiger partial charge < -0.3 is 5.11 Å². The highest BCUT2D eigenvalue weighted by Crippen LogP contribution is 2.25. The highest BCUT2D eigenvalue weighted by Gasteiger charge is 2.10. The van der Waals surface area contributed by atoms with Gasteiger partial charge in [-0.15, -0.1) is 0 Å². The summed E-state index contributed by atoms with van der Waals surface area (Å²) in [6.45, 7) is 0. The molecule has 1 heterocycles. The molecule has 0 spiro atoms. The largest absolute Gasteiger partial charge is 0.384 e. The van der Waals surface area contributed by atoms with Crippen molar-refractivity contribution in [3.05, 3.63) is 78.0 Å². The summed E-state index contributed by atoms with van der Waals surface area (Å²) in [6, 6.07) is 19.4. The summed E-state index contributed by atoms with van der Waals surface area (Å²) < 4.78 is 0. The van der Waals surface area contributed by atoms with Gasteiger partial charge in [0, 0.05) is 6.20 Å². The number of hydrogen-bond acceptors (Lipinski definition) is 2. The number of benzene rings is 2. The summed E-state index contributed by atoms with van der Waals surface area (Å²) >= 11 is 0. The predicted octanol–water partition coefficient (Wildman–Crippen LogP) is 3.16. The molecule has 0 aliphatic carbocycles. The molecule has 0 radical (unpaired) electrons. The summed E-state index contributed by atoms with van der Waals surface area (Å²) in [4.78, 5) is 0. The van der Waals surface area contributed by atoms with Crippen LogP contribution >= 0.6 is 0 Å². The summed E-state index contributed by atoms with van der Waals surface area (Å²) in [5.41, 5.74) is 3.73. The van der Waals surface area contributed by atoms with E-state index < -0.39 is 6.10 Å². The lowest BCUT2D eigenvalue weighted by atomic mass is 9.99. The van der Waals surface area contributed by atoms with Gasteiger partial charge in [0.05, 0.1) is 5.69 Å². The van der Waals surface area contributed by atoms with Crippen LogP contribution in [-0.2, 0) is 0 Å². The van der Waals surface area contributed by atoms with Crippen LogP contribution in [0, 0.1) is 0 Å². The van der Waals surface area contributed by atoms with Crippen molar-refractivity contribution in [2.75, 3.05) is 0 Å². The lowest BCUT2D eigenvalue weighted by Gasteiger charge is -2.12. The summed E-state index contributed by atoms with van der Waals surface area (Å²) in [5.74, 6) is 0. The van der Waals surface area contributed by atoms with Gasteiger partial charge in [-0.1, -0.05) is 48.5 Å². The topological polar surface area (TPSA) is 48.9 Å². The molecule has 0 saturated carbocycles. The molecular formula is C16H14N2O. The Hall–Kier alpha value is -2.39. The number of aliphatic hydroxyl groups excluding tert-OH is 1. The molecule has 2 N–H and O–H groups in total. The van der Waals surface area contributed by atoms with E-state index in [1.807, 2.05) is 60.7 Å². The van der Waals surface area contributed by atoms with Gasteiger partial charge in [-0.3, -0.25) is 5.10 Å².